The standard InChI is InChI=1S/C12H17NO3/c1-3-4-8(2)13-12(16)9-5-6-10(14)11(15)7-9/h5-8,14-15H,3-4H2,1-2H3,(H,13,16). The van der Waals surface area contributed by atoms with Crippen molar-refractivity contribution < 1.29 is 15.0 Å². The fraction of sp³-hybridized carbons (Fsp3) is 0.417. The predicted molar refractivity (Wildman–Crippen MR) is 61.6 cm³/mol. The Labute approximate surface area is 94.9 Å². The minimum Gasteiger partial charge on any atom is -0.504 e. The highest BCUT2D eigenvalue weighted by Crippen LogP contribution is 2.24. The number of benzene rings is 1. The van der Waals surface area contributed by atoms with Gasteiger partial charge in [-0.25, -0.2) is 0 Å². The molecule has 0 aliphatic heterocycles. The van der Waals surface area contributed by atoms with Gasteiger partial charge in [-0.3, -0.25) is 4.79 Å². The molecule has 16 heavy (non-hydrogen) atoms. The topological polar surface area (TPSA) is 69.6 Å². The summed E-state index contributed by atoms with van der Waals surface area (Å²) in [6, 6.07) is 4.13. The van der Waals surface area contributed by atoms with Crippen molar-refractivity contribution in [3.63, 3.8) is 0 Å². The monoisotopic (exact) mass is 223 g/mol. The van der Waals surface area contributed by atoms with Gasteiger partial charge in [0.2, 0.25) is 0 Å². The summed E-state index contributed by atoms with van der Waals surface area (Å²) in [4.78, 5) is 11.7. The number of carbonyl (C=O) groups excluding carboxylic acids is 1. The van der Waals surface area contributed by atoms with Crippen LogP contribution >= 0.6 is 0 Å². The van der Waals surface area contributed by atoms with Gasteiger partial charge in [-0.2, -0.15) is 0 Å². The van der Waals surface area contributed by atoms with Crippen LogP contribution in [0.3, 0.4) is 0 Å². The van der Waals surface area contributed by atoms with Gasteiger partial charge in [-0.1, -0.05) is 13.3 Å². The van der Waals surface area contributed by atoms with Gasteiger partial charge in [-0.15, -0.1) is 0 Å². The number of hydrogen-bond donors (Lipinski definition) is 3. The largest absolute Gasteiger partial charge is 0.504 e. The number of nitrogens with one attached hydrogen (secondary N) is 1. The Morgan fingerprint density at radius 2 is 2.06 bits per heavy atom. The molecular weight excluding hydrogens is 206 g/mol. The zero-order valence-corrected chi connectivity index (χ0v) is 9.53. The molecule has 0 fully saturated rings. The van der Waals surface area contributed by atoms with E-state index in [9.17, 15) is 9.90 Å². The van der Waals surface area contributed by atoms with Gasteiger partial charge < -0.3 is 15.5 Å². The van der Waals surface area contributed by atoms with Crippen LogP contribution < -0.4 is 5.32 Å². The first-order valence-electron chi connectivity index (χ1n) is 5.37. The molecule has 1 atom stereocenters. The molecule has 0 aromatic heterocycles. The summed E-state index contributed by atoms with van der Waals surface area (Å²) in [6.07, 6.45) is 1.91. The van der Waals surface area contributed by atoms with Crippen molar-refractivity contribution in [3.8, 4) is 11.5 Å². The number of rotatable bonds is 4. The van der Waals surface area contributed by atoms with Crippen molar-refractivity contribution in [3.05, 3.63) is 23.8 Å². The molecule has 0 saturated carbocycles. The van der Waals surface area contributed by atoms with E-state index in [1.54, 1.807) is 0 Å². The van der Waals surface area contributed by atoms with E-state index in [0.29, 0.717) is 5.56 Å². The lowest BCUT2D eigenvalue weighted by Crippen LogP contribution is -2.32. The molecule has 3 N–H and O–H groups in total. The van der Waals surface area contributed by atoms with Crippen LogP contribution in [0.5, 0.6) is 11.5 Å². The number of hydrogen-bond acceptors (Lipinski definition) is 3. The van der Waals surface area contributed by atoms with Crippen LogP contribution in [-0.2, 0) is 0 Å². The summed E-state index contributed by atoms with van der Waals surface area (Å²) < 4.78 is 0. The van der Waals surface area contributed by atoms with Crippen molar-refractivity contribution in [2.24, 2.45) is 0 Å². The molecule has 0 aliphatic rings. The van der Waals surface area contributed by atoms with Crippen LogP contribution in [0.1, 0.15) is 37.0 Å². The van der Waals surface area contributed by atoms with Gasteiger partial charge in [0.1, 0.15) is 0 Å². The Kier molecular flexibility index (Phi) is 4.17. The molecule has 4 heteroatoms. The molecule has 4 nitrogen and oxygen atoms in total. The van der Waals surface area contributed by atoms with Crippen LogP contribution in [0, 0.1) is 0 Å². The molecule has 0 bridgehead atoms. The van der Waals surface area contributed by atoms with E-state index in [-0.39, 0.29) is 23.4 Å². The van der Waals surface area contributed by atoms with Crippen molar-refractivity contribution in [2.75, 3.05) is 0 Å². The summed E-state index contributed by atoms with van der Waals surface area (Å²) in [6.45, 7) is 3.98. The van der Waals surface area contributed by atoms with E-state index in [1.165, 1.54) is 18.2 Å². The second kappa shape index (κ2) is 5.39. The molecule has 1 aromatic rings. The van der Waals surface area contributed by atoms with Crippen molar-refractivity contribution in [1.29, 1.82) is 0 Å². The highest BCUT2D eigenvalue weighted by Gasteiger charge is 2.10. The van der Waals surface area contributed by atoms with E-state index in [0.717, 1.165) is 12.8 Å². The van der Waals surface area contributed by atoms with Gasteiger partial charge in [0, 0.05) is 11.6 Å². The number of carbonyl (C=O) groups is 1. The number of phenolic OH excluding ortho intramolecular Hbond substituents is 2. The van der Waals surface area contributed by atoms with Gasteiger partial charge in [0.15, 0.2) is 11.5 Å². The van der Waals surface area contributed by atoms with Gasteiger partial charge in [0.05, 0.1) is 0 Å². The van der Waals surface area contributed by atoms with Crippen LogP contribution in [-0.4, -0.2) is 22.2 Å². The molecule has 0 heterocycles. The van der Waals surface area contributed by atoms with Gasteiger partial charge in [0.25, 0.3) is 5.91 Å². The summed E-state index contributed by atoms with van der Waals surface area (Å²) in [5, 5.41) is 21.2. The average molecular weight is 223 g/mol. The molecular formula is C12H17NO3. The van der Waals surface area contributed by atoms with Crippen LogP contribution in [0.2, 0.25) is 0 Å². The normalized spacial score (nSPS) is 12.1. The Morgan fingerprint density at radius 1 is 1.38 bits per heavy atom. The fourth-order valence-corrected chi connectivity index (χ4v) is 1.48. The quantitative estimate of drug-likeness (QED) is 0.684. The van der Waals surface area contributed by atoms with E-state index >= 15 is 0 Å². The molecule has 0 saturated heterocycles. The second-order valence-electron chi connectivity index (χ2n) is 3.87. The van der Waals surface area contributed by atoms with Gasteiger partial charge >= 0.3 is 0 Å². The molecule has 88 valence electrons. The smallest absolute Gasteiger partial charge is 0.251 e. The maximum Gasteiger partial charge on any atom is 0.251 e. The molecule has 1 unspecified atom stereocenters. The molecule has 1 aromatic carbocycles. The number of aromatic hydroxyl groups is 2. The summed E-state index contributed by atoms with van der Waals surface area (Å²) in [7, 11) is 0. The van der Waals surface area contributed by atoms with E-state index in [1.807, 2.05) is 6.92 Å². The molecule has 1 rings (SSSR count). The van der Waals surface area contributed by atoms with Gasteiger partial charge in [-0.05, 0) is 31.5 Å². The third-order valence-electron chi connectivity index (χ3n) is 2.34. The lowest BCUT2D eigenvalue weighted by Gasteiger charge is -2.12. The average Bonchev–Trinajstić information content (AvgIpc) is 2.22. The summed E-state index contributed by atoms with van der Waals surface area (Å²) in [5.41, 5.74) is 0.346. The lowest BCUT2D eigenvalue weighted by atomic mass is 10.1. The van der Waals surface area contributed by atoms with Crippen molar-refractivity contribution in [1.82, 2.24) is 5.32 Å². The first-order chi connectivity index (χ1) is 7.54. The SMILES string of the molecule is CCCC(C)NC(=O)c1ccc(O)c(O)c1. The maximum atomic E-state index is 11.7. The zero-order valence-electron chi connectivity index (χ0n) is 9.53. The lowest BCUT2D eigenvalue weighted by molar-refractivity contribution is 0.0938. The molecule has 0 spiro atoms. The van der Waals surface area contributed by atoms with Crippen LogP contribution in [0.15, 0.2) is 18.2 Å². The second-order valence-corrected chi connectivity index (χ2v) is 3.87. The fourth-order valence-electron chi connectivity index (χ4n) is 1.48. The maximum absolute atomic E-state index is 11.7. The Hall–Kier alpha value is -1.71. The first kappa shape index (κ1) is 12.4. The van der Waals surface area contributed by atoms with Crippen molar-refractivity contribution >= 4 is 5.91 Å². The van der Waals surface area contributed by atoms with E-state index < -0.39 is 0 Å². The first-order valence-corrected chi connectivity index (χ1v) is 5.37. The minimum atomic E-state index is -0.282. The molecule has 0 radical (unpaired) electrons. The minimum absolute atomic E-state index is 0.105. The molecule has 1 amide bonds. The highest BCUT2D eigenvalue weighted by molar-refractivity contribution is 5.95. The number of phenols is 2. The summed E-state index contributed by atoms with van der Waals surface area (Å²) >= 11 is 0. The highest BCUT2D eigenvalue weighted by atomic mass is 16.3. The Bertz CT molecular complexity index is 377. The molecule has 0 aliphatic carbocycles. The summed E-state index contributed by atoms with van der Waals surface area (Å²) in [5.74, 6) is -0.745. The van der Waals surface area contributed by atoms with Crippen LogP contribution in [0.25, 0.3) is 0 Å². The zero-order chi connectivity index (χ0) is 12.1. The van der Waals surface area contributed by atoms with Crippen molar-refractivity contribution in [2.45, 2.75) is 32.7 Å². The van der Waals surface area contributed by atoms with E-state index in [4.69, 9.17) is 5.11 Å². The predicted octanol–water partition coefficient (Wildman–Crippen LogP) is 2.02. The number of amides is 1. The third kappa shape index (κ3) is 3.15. The third-order valence-corrected chi connectivity index (χ3v) is 2.34. The Morgan fingerprint density at radius 3 is 2.62 bits per heavy atom. The van der Waals surface area contributed by atoms with Crippen LogP contribution in [0.4, 0.5) is 0 Å². The van der Waals surface area contributed by atoms with E-state index in [2.05, 4.69) is 12.2 Å². The Balaban J connectivity index is 2.69.